The third-order valence-electron chi connectivity index (χ3n) is 5.62. The summed E-state index contributed by atoms with van der Waals surface area (Å²) in [5, 5.41) is 15.6. The smallest absolute Gasteiger partial charge is 0.272 e. The Morgan fingerprint density at radius 1 is 1.26 bits per heavy atom. The number of nitrogens with zero attached hydrogens (tertiary/aromatic N) is 5. The Kier molecular flexibility index (Phi) is 5.65. The number of rotatable bonds is 6. The topological polar surface area (TPSA) is 138 Å². The van der Waals surface area contributed by atoms with Gasteiger partial charge in [0, 0.05) is 23.5 Å². The summed E-state index contributed by atoms with van der Waals surface area (Å²) in [5.41, 5.74) is 8.64. The van der Waals surface area contributed by atoms with Crippen molar-refractivity contribution < 1.29 is 18.7 Å². The summed E-state index contributed by atoms with van der Waals surface area (Å²) in [6.45, 7) is 1.59. The largest absolute Gasteiger partial charge is 0.484 e. The number of fused-ring (bicyclic) bond motifs is 1. The van der Waals surface area contributed by atoms with Gasteiger partial charge in [0.25, 0.3) is 11.9 Å². The number of carbonyl (C=O) groups is 2. The van der Waals surface area contributed by atoms with Crippen LogP contribution in [0.15, 0.2) is 54.7 Å². The van der Waals surface area contributed by atoms with Crippen LogP contribution in [0.25, 0.3) is 17.2 Å². The number of aryl methyl sites for hydroxylation is 1. The van der Waals surface area contributed by atoms with E-state index in [1.54, 1.807) is 30.3 Å². The summed E-state index contributed by atoms with van der Waals surface area (Å²) in [5.74, 6) is -0.360. The van der Waals surface area contributed by atoms with E-state index in [0.717, 1.165) is 11.1 Å². The highest BCUT2D eigenvalue weighted by molar-refractivity contribution is 5.95. The van der Waals surface area contributed by atoms with E-state index >= 15 is 0 Å². The number of halogens is 1. The number of hydrogen-bond donors (Lipinski definition) is 2. The normalized spacial score (nSPS) is 14.8. The standard InChI is InChI=1S/C24H20FN7O3/c1-13-22-18(15-3-2-4-17(9-15)35-12-20(26)33)10-21(34)29-23(22)32(31-13)24-28-19(11-27-30-24)14-5-7-16(25)8-6-14/h2-9,11,18H,10,12H2,1H3,(H2,26,33)(H,29,34)/t18-/m0/s1. The minimum Gasteiger partial charge on any atom is -0.484 e. The van der Waals surface area contributed by atoms with Crippen LogP contribution >= 0.6 is 0 Å². The first-order valence-electron chi connectivity index (χ1n) is 10.8. The predicted octanol–water partition coefficient (Wildman–Crippen LogP) is 2.51. The van der Waals surface area contributed by atoms with Gasteiger partial charge in [-0.1, -0.05) is 12.1 Å². The molecular weight excluding hydrogens is 453 g/mol. The van der Waals surface area contributed by atoms with Crippen LogP contribution in [0.3, 0.4) is 0 Å². The second-order valence-corrected chi connectivity index (χ2v) is 8.04. The van der Waals surface area contributed by atoms with Crippen molar-refractivity contribution in [2.75, 3.05) is 11.9 Å². The molecule has 0 spiro atoms. The highest BCUT2D eigenvalue weighted by Gasteiger charge is 2.33. The number of anilines is 1. The zero-order valence-corrected chi connectivity index (χ0v) is 18.6. The van der Waals surface area contributed by atoms with Crippen molar-refractivity contribution in [3.05, 3.63) is 77.4 Å². The molecule has 1 atom stereocenters. The van der Waals surface area contributed by atoms with Crippen molar-refractivity contribution in [1.82, 2.24) is 25.0 Å². The van der Waals surface area contributed by atoms with Gasteiger partial charge < -0.3 is 15.8 Å². The Labute approximate surface area is 199 Å². The molecule has 0 saturated carbocycles. The van der Waals surface area contributed by atoms with Gasteiger partial charge >= 0.3 is 0 Å². The Morgan fingerprint density at radius 3 is 2.83 bits per heavy atom. The summed E-state index contributed by atoms with van der Waals surface area (Å²) in [6.07, 6.45) is 1.67. The van der Waals surface area contributed by atoms with Gasteiger partial charge in [0.1, 0.15) is 17.4 Å². The van der Waals surface area contributed by atoms with E-state index < -0.39 is 5.91 Å². The van der Waals surface area contributed by atoms with Gasteiger partial charge in [-0.15, -0.1) is 5.10 Å². The quantitative estimate of drug-likeness (QED) is 0.439. The first kappa shape index (κ1) is 22.1. The molecule has 5 rings (SSSR count). The van der Waals surface area contributed by atoms with Crippen molar-refractivity contribution in [3.63, 3.8) is 0 Å². The molecule has 2 amide bonds. The van der Waals surface area contributed by atoms with Gasteiger partial charge in [-0.3, -0.25) is 9.59 Å². The number of amides is 2. The summed E-state index contributed by atoms with van der Waals surface area (Å²) in [6, 6.07) is 13.0. The minimum atomic E-state index is -0.580. The first-order chi connectivity index (χ1) is 16.9. The van der Waals surface area contributed by atoms with Gasteiger partial charge in [0.05, 0.1) is 17.6 Å². The molecule has 0 fully saturated rings. The van der Waals surface area contributed by atoms with E-state index in [1.807, 2.05) is 13.0 Å². The molecular formula is C24H20FN7O3. The molecule has 11 heteroatoms. The van der Waals surface area contributed by atoms with Gasteiger partial charge in [0.2, 0.25) is 5.91 Å². The van der Waals surface area contributed by atoms with Crippen LogP contribution in [0.4, 0.5) is 10.2 Å². The number of carbonyl (C=O) groups excluding carboxylic acids is 2. The molecule has 4 aromatic rings. The number of nitrogens with two attached hydrogens (primary N) is 1. The molecule has 0 unspecified atom stereocenters. The Morgan fingerprint density at radius 2 is 2.06 bits per heavy atom. The third-order valence-corrected chi connectivity index (χ3v) is 5.62. The predicted molar refractivity (Wildman–Crippen MR) is 123 cm³/mol. The number of hydrogen-bond acceptors (Lipinski definition) is 7. The highest BCUT2D eigenvalue weighted by Crippen LogP contribution is 2.40. The molecule has 3 heterocycles. The Balaban J connectivity index is 1.54. The molecule has 0 radical (unpaired) electrons. The summed E-state index contributed by atoms with van der Waals surface area (Å²) >= 11 is 0. The van der Waals surface area contributed by atoms with E-state index in [0.29, 0.717) is 28.5 Å². The minimum absolute atomic E-state index is 0.163. The molecule has 3 N–H and O–H groups in total. The van der Waals surface area contributed by atoms with Crippen LogP contribution in [0.5, 0.6) is 5.75 Å². The van der Waals surface area contributed by atoms with Crippen LogP contribution in [0.2, 0.25) is 0 Å². The molecule has 2 aromatic heterocycles. The maximum atomic E-state index is 13.3. The molecule has 1 aliphatic rings. The Hall–Kier alpha value is -4.67. The SMILES string of the molecule is Cc1nn(-c2nncc(-c3ccc(F)cc3)n2)c2c1[C@H](c1cccc(OCC(N)=O)c1)CC(=O)N2. The maximum Gasteiger partial charge on any atom is 0.272 e. The van der Waals surface area contributed by atoms with Crippen LogP contribution in [0.1, 0.15) is 29.2 Å². The lowest BCUT2D eigenvalue weighted by Gasteiger charge is -2.24. The lowest BCUT2D eigenvalue weighted by atomic mass is 9.86. The number of ether oxygens (including phenoxy) is 1. The highest BCUT2D eigenvalue weighted by atomic mass is 19.1. The molecule has 2 aromatic carbocycles. The molecule has 10 nitrogen and oxygen atoms in total. The molecule has 0 saturated heterocycles. The van der Waals surface area contributed by atoms with Crippen LogP contribution in [-0.2, 0) is 9.59 Å². The molecule has 1 aliphatic heterocycles. The molecule has 176 valence electrons. The van der Waals surface area contributed by atoms with Crippen molar-refractivity contribution in [3.8, 4) is 23.0 Å². The second kappa shape index (κ2) is 8.93. The van der Waals surface area contributed by atoms with Crippen molar-refractivity contribution in [2.45, 2.75) is 19.3 Å². The average molecular weight is 473 g/mol. The van der Waals surface area contributed by atoms with Gasteiger partial charge in [0.15, 0.2) is 6.61 Å². The van der Waals surface area contributed by atoms with E-state index in [-0.39, 0.29) is 36.6 Å². The fourth-order valence-corrected chi connectivity index (χ4v) is 4.10. The van der Waals surface area contributed by atoms with Crippen molar-refractivity contribution in [1.29, 1.82) is 0 Å². The van der Waals surface area contributed by atoms with E-state index in [9.17, 15) is 14.0 Å². The Bertz CT molecular complexity index is 1440. The number of aromatic nitrogens is 5. The van der Waals surface area contributed by atoms with Crippen LogP contribution in [0, 0.1) is 12.7 Å². The monoisotopic (exact) mass is 473 g/mol. The van der Waals surface area contributed by atoms with Crippen LogP contribution in [-0.4, -0.2) is 43.4 Å². The first-order valence-corrected chi connectivity index (χ1v) is 10.8. The maximum absolute atomic E-state index is 13.3. The fraction of sp³-hybridized carbons (Fsp3) is 0.167. The lowest BCUT2D eigenvalue weighted by Crippen LogP contribution is -2.25. The number of benzene rings is 2. The van der Waals surface area contributed by atoms with E-state index in [1.165, 1.54) is 23.0 Å². The van der Waals surface area contributed by atoms with E-state index in [4.69, 9.17) is 10.5 Å². The molecule has 35 heavy (non-hydrogen) atoms. The molecule has 0 aliphatic carbocycles. The third kappa shape index (κ3) is 4.43. The van der Waals surface area contributed by atoms with Crippen molar-refractivity contribution in [2.24, 2.45) is 5.73 Å². The lowest BCUT2D eigenvalue weighted by molar-refractivity contribution is -0.120. The number of primary amides is 1. The second-order valence-electron chi connectivity index (χ2n) is 8.04. The van der Waals surface area contributed by atoms with Crippen molar-refractivity contribution >= 4 is 17.6 Å². The summed E-state index contributed by atoms with van der Waals surface area (Å²) < 4.78 is 20.2. The fourth-order valence-electron chi connectivity index (χ4n) is 4.10. The van der Waals surface area contributed by atoms with E-state index in [2.05, 4.69) is 25.6 Å². The summed E-state index contributed by atoms with van der Waals surface area (Å²) in [4.78, 5) is 28.3. The molecule has 0 bridgehead atoms. The average Bonchev–Trinajstić information content (AvgIpc) is 3.19. The number of nitrogens with one attached hydrogen (secondary N) is 1. The van der Waals surface area contributed by atoms with Gasteiger partial charge in [-0.2, -0.15) is 14.9 Å². The van der Waals surface area contributed by atoms with Gasteiger partial charge in [-0.05, 0) is 48.9 Å². The zero-order chi connectivity index (χ0) is 24.5. The van der Waals surface area contributed by atoms with Gasteiger partial charge in [-0.25, -0.2) is 9.37 Å². The summed E-state index contributed by atoms with van der Waals surface area (Å²) in [7, 11) is 0. The zero-order valence-electron chi connectivity index (χ0n) is 18.6. The van der Waals surface area contributed by atoms with Crippen LogP contribution < -0.4 is 15.8 Å².